The first-order valence-electron chi connectivity index (χ1n) is 8.24. The van der Waals surface area contributed by atoms with Gasteiger partial charge in [0.25, 0.3) is 0 Å². The van der Waals surface area contributed by atoms with Gasteiger partial charge in [0.15, 0.2) is 11.6 Å². The molecule has 0 radical (unpaired) electrons. The van der Waals surface area contributed by atoms with E-state index in [0.717, 1.165) is 25.6 Å². The topological polar surface area (TPSA) is 35.5 Å². The lowest BCUT2D eigenvalue weighted by atomic mass is 10.00. The summed E-state index contributed by atoms with van der Waals surface area (Å²) in [6.07, 6.45) is 0.442. The van der Waals surface area contributed by atoms with Gasteiger partial charge in [-0.3, -0.25) is 4.90 Å². The molecule has 0 saturated heterocycles. The molecule has 1 unspecified atom stereocenters. The second-order valence-electron chi connectivity index (χ2n) is 6.25. The number of hydrogen-bond acceptors (Lipinski definition) is 3. The zero-order valence-electron chi connectivity index (χ0n) is 13.5. The first-order chi connectivity index (χ1) is 11.6. The van der Waals surface area contributed by atoms with Gasteiger partial charge in [0.2, 0.25) is 0 Å². The third kappa shape index (κ3) is 4.17. The van der Waals surface area contributed by atoms with Gasteiger partial charge in [-0.2, -0.15) is 0 Å². The Hall–Kier alpha value is -1.82. The summed E-state index contributed by atoms with van der Waals surface area (Å²) in [6, 6.07) is 12.5. The number of aliphatic hydroxyl groups excluding tert-OH is 1. The van der Waals surface area contributed by atoms with Crippen molar-refractivity contribution in [1.29, 1.82) is 0 Å². The van der Waals surface area contributed by atoms with Crippen LogP contribution in [0, 0.1) is 11.6 Å². The van der Waals surface area contributed by atoms with E-state index in [1.807, 2.05) is 6.07 Å². The van der Waals surface area contributed by atoms with Gasteiger partial charge in [-0.15, -0.1) is 0 Å². The predicted octanol–water partition coefficient (Wildman–Crippen LogP) is 2.47. The molecular weight excluding hydrogens is 310 g/mol. The van der Waals surface area contributed by atoms with E-state index in [4.69, 9.17) is 0 Å². The maximum atomic E-state index is 13.6. The second kappa shape index (κ2) is 7.83. The molecule has 1 aliphatic heterocycles. The number of β-amino-alcohol motifs (C(OH)–C–C–N with tert-alkyl or cyclic N) is 1. The van der Waals surface area contributed by atoms with Crippen LogP contribution in [0.3, 0.4) is 0 Å². The molecule has 3 nitrogen and oxygen atoms in total. The second-order valence-corrected chi connectivity index (χ2v) is 6.25. The van der Waals surface area contributed by atoms with Crippen molar-refractivity contribution in [2.75, 3.05) is 19.6 Å². The fraction of sp³-hybridized carbons (Fsp3) is 0.368. The van der Waals surface area contributed by atoms with Crippen LogP contribution in [-0.2, 0) is 19.5 Å². The van der Waals surface area contributed by atoms with Crippen molar-refractivity contribution in [3.8, 4) is 0 Å². The molecule has 0 spiro atoms. The van der Waals surface area contributed by atoms with Crippen LogP contribution in [0.2, 0.25) is 0 Å². The van der Waals surface area contributed by atoms with Crippen LogP contribution in [-0.4, -0.2) is 35.7 Å². The molecule has 5 heteroatoms. The van der Waals surface area contributed by atoms with E-state index < -0.39 is 17.7 Å². The molecule has 1 atom stereocenters. The van der Waals surface area contributed by atoms with Gasteiger partial charge in [0, 0.05) is 38.3 Å². The Bertz CT molecular complexity index is 693. The highest BCUT2D eigenvalue weighted by molar-refractivity contribution is 5.29. The lowest BCUT2D eigenvalue weighted by Crippen LogP contribution is -2.40. The first kappa shape index (κ1) is 17.0. The van der Waals surface area contributed by atoms with Gasteiger partial charge in [-0.25, -0.2) is 8.78 Å². The van der Waals surface area contributed by atoms with Gasteiger partial charge in [0.1, 0.15) is 0 Å². The molecule has 2 aromatic carbocycles. The van der Waals surface area contributed by atoms with E-state index in [1.165, 1.54) is 17.2 Å². The Balaban J connectivity index is 1.45. The lowest BCUT2D eigenvalue weighted by Gasteiger charge is -2.30. The molecule has 0 fully saturated rings. The Morgan fingerprint density at radius 2 is 1.88 bits per heavy atom. The Morgan fingerprint density at radius 3 is 2.71 bits per heavy atom. The number of nitrogens with zero attached hydrogens (tertiary/aromatic N) is 1. The highest BCUT2D eigenvalue weighted by Crippen LogP contribution is 2.18. The minimum Gasteiger partial charge on any atom is -0.390 e. The van der Waals surface area contributed by atoms with E-state index in [2.05, 4.69) is 28.4 Å². The van der Waals surface area contributed by atoms with Crippen molar-refractivity contribution in [1.82, 2.24) is 10.2 Å². The largest absolute Gasteiger partial charge is 0.390 e. The summed E-state index contributed by atoms with van der Waals surface area (Å²) < 4.78 is 26.7. The average molecular weight is 332 g/mol. The Kier molecular flexibility index (Phi) is 5.56. The summed E-state index contributed by atoms with van der Waals surface area (Å²) in [5.41, 5.74) is 2.96. The van der Waals surface area contributed by atoms with Gasteiger partial charge in [0.05, 0.1) is 6.10 Å². The number of rotatable bonds is 6. The maximum Gasteiger partial charge on any atom is 0.163 e. The molecule has 0 saturated carbocycles. The van der Waals surface area contributed by atoms with Crippen LogP contribution in [0.25, 0.3) is 0 Å². The van der Waals surface area contributed by atoms with E-state index in [9.17, 15) is 13.9 Å². The molecule has 3 rings (SSSR count). The quantitative estimate of drug-likeness (QED) is 0.853. The maximum absolute atomic E-state index is 13.6. The van der Waals surface area contributed by atoms with Crippen LogP contribution >= 0.6 is 0 Å². The molecule has 0 amide bonds. The summed E-state index contributed by atoms with van der Waals surface area (Å²) in [5.74, 6) is -1.67. The third-order valence-corrected chi connectivity index (χ3v) is 4.41. The smallest absolute Gasteiger partial charge is 0.163 e. The molecule has 24 heavy (non-hydrogen) atoms. The van der Waals surface area contributed by atoms with Crippen molar-refractivity contribution in [2.45, 2.75) is 25.6 Å². The van der Waals surface area contributed by atoms with Crippen LogP contribution in [0.4, 0.5) is 8.78 Å². The number of halogens is 2. The van der Waals surface area contributed by atoms with E-state index >= 15 is 0 Å². The van der Waals surface area contributed by atoms with Crippen LogP contribution in [0.15, 0.2) is 42.5 Å². The average Bonchev–Trinajstić information content (AvgIpc) is 2.58. The molecule has 128 valence electrons. The Morgan fingerprint density at radius 1 is 1.08 bits per heavy atom. The van der Waals surface area contributed by atoms with Crippen LogP contribution < -0.4 is 5.32 Å². The molecular formula is C19H22F2N2O. The minimum absolute atomic E-state index is 0.198. The monoisotopic (exact) mass is 332 g/mol. The number of hydrogen-bond donors (Lipinski definition) is 2. The highest BCUT2D eigenvalue weighted by Gasteiger charge is 2.18. The molecule has 2 aromatic rings. The summed E-state index contributed by atoms with van der Waals surface area (Å²) in [6.45, 7) is 2.86. The summed E-state index contributed by atoms with van der Waals surface area (Å²) >= 11 is 0. The van der Waals surface area contributed by atoms with Crippen molar-refractivity contribution in [3.05, 3.63) is 70.8 Å². The molecule has 1 heterocycles. The standard InChI is InChI=1S/C19H22F2N2O/c20-18-7-3-6-15(19(18)21)10-22-11-17(24)13-23-9-8-14-4-1-2-5-16(14)12-23/h1-7,17,22,24H,8-13H2. The first-order valence-corrected chi connectivity index (χ1v) is 8.24. The van der Waals surface area contributed by atoms with Gasteiger partial charge >= 0.3 is 0 Å². The minimum atomic E-state index is -0.846. The van der Waals surface area contributed by atoms with Gasteiger partial charge in [-0.05, 0) is 23.6 Å². The summed E-state index contributed by atoms with van der Waals surface area (Å²) in [5, 5.41) is 13.2. The fourth-order valence-electron chi connectivity index (χ4n) is 3.13. The van der Waals surface area contributed by atoms with Crippen molar-refractivity contribution < 1.29 is 13.9 Å². The highest BCUT2D eigenvalue weighted by atomic mass is 19.2. The van der Waals surface area contributed by atoms with Crippen molar-refractivity contribution in [3.63, 3.8) is 0 Å². The predicted molar refractivity (Wildman–Crippen MR) is 89.5 cm³/mol. The van der Waals surface area contributed by atoms with E-state index in [1.54, 1.807) is 6.07 Å². The lowest BCUT2D eigenvalue weighted by molar-refractivity contribution is 0.104. The zero-order valence-corrected chi connectivity index (χ0v) is 13.5. The normalized spacial score (nSPS) is 16.0. The van der Waals surface area contributed by atoms with Crippen LogP contribution in [0.5, 0.6) is 0 Å². The number of aliphatic hydroxyl groups is 1. The van der Waals surface area contributed by atoms with Crippen molar-refractivity contribution in [2.24, 2.45) is 0 Å². The molecule has 0 bridgehead atoms. The van der Waals surface area contributed by atoms with Gasteiger partial charge < -0.3 is 10.4 Å². The van der Waals surface area contributed by atoms with Crippen LogP contribution in [0.1, 0.15) is 16.7 Å². The fourth-order valence-corrected chi connectivity index (χ4v) is 3.13. The molecule has 2 N–H and O–H groups in total. The number of benzene rings is 2. The van der Waals surface area contributed by atoms with E-state index in [-0.39, 0.29) is 12.1 Å². The summed E-state index contributed by atoms with van der Waals surface area (Å²) in [7, 11) is 0. The zero-order chi connectivity index (χ0) is 16.9. The molecule has 1 aliphatic rings. The van der Waals surface area contributed by atoms with Gasteiger partial charge in [-0.1, -0.05) is 36.4 Å². The summed E-state index contributed by atoms with van der Waals surface area (Å²) in [4.78, 5) is 2.22. The molecule has 0 aliphatic carbocycles. The third-order valence-electron chi connectivity index (χ3n) is 4.41. The number of fused-ring (bicyclic) bond motifs is 1. The Labute approximate surface area is 140 Å². The van der Waals surface area contributed by atoms with E-state index in [0.29, 0.717) is 13.1 Å². The number of nitrogens with one attached hydrogen (secondary N) is 1. The molecule has 0 aromatic heterocycles. The SMILES string of the molecule is OC(CNCc1cccc(F)c1F)CN1CCc2ccccc2C1. The van der Waals surface area contributed by atoms with Crippen molar-refractivity contribution >= 4 is 0 Å².